The fraction of sp³-hybridized carbons (Fsp3) is 1.00. The minimum absolute atomic E-state index is 0.768. The number of nitrogens with one attached hydrogen (secondary N) is 1. The third-order valence-electron chi connectivity index (χ3n) is 8.22. The highest BCUT2D eigenvalue weighted by Crippen LogP contribution is 2.17. The van der Waals surface area contributed by atoms with Crippen molar-refractivity contribution in [2.75, 3.05) is 7.05 Å². The lowest BCUT2D eigenvalue weighted by Gasteiger charge is -2.16. The predicted molar refractivity (Wildman–Crippen MR) is 163 cm³/mol. The van der Waals surface area contributed by atoms with Gasteiger partial charge in [0.05, 0.1) is 0 Å². The summed E-state index contributed by atoms with van der Waals surface area (Å²) in [5, 5.41) is 3.60. The summed E-state index contributed by atoms with van der Waals surface area (Å²) in [6, 6.07) is 0.768. The molecule has 0 aromatic carbocycles. The first-order valence-electron chi connectivity index (χ1n) is 17.0. The molecule has 0 aliphatic heterocycles. The van der Waals surface area contributed by atoms with E-state index in [1.807, 2.05) is 0 Å². The highest BCUT2D eigenvalue weighted by Gasteiger charge is 2.05. The Morgan fingerprint density at radius 3 is 0.714 bits per heavy atom. The van der Waals surface area contributed by atoms with Crippen LogP contribution in [-0.4, -0.2) is 13.1 Å². The summed E-state index contributed by atoms with van der Waals surface area (Å²) in [6.45, 7) is 4.61. The van der Waals surface area contributed by atoms with Crippen LogP contribution in [-0.2, 0) is 0 Å². The van der Waals surface area contributed by atoms with Gasteiger partial charge < -0.3 is 5.32 Å². The third-order valence-corrected chi connectivity index (χ3v) is 8.22. The first-order valence-corrected chi connectivity index (χ1v) is 17.0. The van der Waals surface area contributed by atoms with Gasteiger partial charge in [-0.3, -0.25) is 0 Å². The van der Waals surface area contributed by atoms with Gasteiger partial charge >= 0.3 is 0 Å². The van der Waals surface area contributed by atoms with E-state index in [1.54, 1.807) is 0 Å². The molecule has 0 saturated heterocycles. The molecule has 0 saturated carbocycles. The molecule has 1 nitrogen and oxygen atoms in total. The highest BCUT2D eigenvalue weighted by atomic mass is 14.9. The molecule has 1 heteroatoms. The average Bonchev–Trinajstić information content (AvgIpc) is 2.87. The molecule has 0 aromatic rings. The van der Waals surface area contributed by atoms with Crippen LogP contribution < -0.4 is 5.32 Å². The average molecular weight is 494 g/mol. The molecule has 0 bridgehead atoms. The normalized spacial score (nSPS) is 11.7. The van der Waals surface area contributed by atoms with Crippen LogP contribution in [0.2, 0.25) is 0 Å². The van der Waals surface area contributed by atoms with Crippen molar-refractivity contribution in [1.29, 1.82) is 0 Å². The summed E-state index contributed by atoms with van der Waals surface area (Å²) in [5.74, 6) is 0. The number of hydrogen-bond acceptors (Lipinski definition) is 1. The molecule has 0 aliphatic carbocycles. The second kappa shape index (κ2) is 32.0. The third kappa shape index (κ3) is 30.1. The second-order valence-corrected chi connectivity index (χ2v) is 11.8. The summed E-state index contributed by atoms with van der Waals surface area (Å²) >= 11 is 0. The molecule has 0 fully saturated rings. The van der Waals surface area contributed by atoms with Crippen LogP contribution in [0.3, 0.4) is 0 Å². The van der Waals surface area contributed by atoms with Gasteiger partial charge in [0, 0.05) is 6.04 Å². The minimum Gasteiger partial charge on any atom is -0.317 e. The van der Waals surface area contributed by atoms with Crippen molar-refractivity contribution in [1.82, 2.24) is 5.32 Å². The molecule has 0 heterocycles. The van der Waals surface area contributed by atoms with Crippen LogP contribution >= 0.6 is 0 Å². The molecular formula is C34H71N. The summed E-state index contributed by atoms with van der Waals surface area (Å²) in [7, 11) is 2.18. The first-order chi connectivity index (χ1) is 17.3. The minimum atomic E-state index is 0.768. The molecule has 35 heavy (non-hydrogen) atoms. The zero-order valence-corrected chi connectivity index (χ0v) is 25.3. The Hall–Kier alpha value is -0.0400. The van der Waals surface area contributed by atoms with Gasteiger partial charge in [-0.1, -0.05) is 194 Å². The maximum Gasteiger partial charge on any atom is 0.00640 e. The van der Waals surface area contributed by atoms with E-state index in [-0.39, 0.29) is 0 Å². The Balaban J connectivity index is 3.25. The first kappa shape index (κ1) is 35.0. The maximum atomic E-state index is 3.60. The van der Waals surface area contributed by atoms with Crippen molar-refractivity contribution in [3.05, 3.63) is 0 Å². The standard InChI is InChI=1S/C34H71N/c1-4-6-8-10-12-14-16-18-20-22-24-26-28-30-32-34(35-3)33-31-29-27-25-23-21-19-17-15-13-11-9-7-5-2/h34-35H,4-33H2,1-3H3. The number of hydrogen-bond donors (Lipinski definition) is 1. The van der Waals surface area contributed by atoms with Gasteiger partial charge in [-0.05, 0) is 19.9 Å². The lowest BCUT2D eigenvalue weighted by atomic mass is 9.99. The molecule has 0 radical (unpaired) electrons. The van der Waals surface area contributed by atoms with Gasteiger partial charge in [0.25, 0.3) is 0 Å². The molecule has 0 unspecified atom stereocenters. The molecule has 212 valence electrons. The molecule has 0 spiro atoms. The van der Waals surface area contributed by atoms with Crippen molar-refractivity contribution in [2.45, 2.75) is 213 Å². The lowest BCUT2D eigenvalue weighted by molar-refractivity contribution is 0.434. The topological polar surface area (TPSA) is 12.0 Å². The van der Waals surface area contributed by atoms with E-state index >= 15 is 0 Å². The SMILES string of the molecule is CCCCCCCCCCCCCCCCC(CCCCCCCCCCCCCCCC)NC. The van der Waals surface area contributed by atoms with Crippen LogP contribution in [0.15, 0.2) is 0 Å². The number of unbranched alkanes of at least 4 members (excludes halogenated alkanes) is 26. The zero-order chi connectivity index (χ0) is 25.5. The highest BCUT2D eigenvalue weighted by molar-refractivity contribution is 4.65. The van der Waals surface area contributed by atoms with Gasteiger partial charge in [0.1, 0.15) is 0 Å². The Labute approximate surface area is 224 Å². The van der Waals surface area contributed by atoms with Crippen LogP contribution in [0.5, 0.6) is 0 Å². The monoisotopic (exact) mass is 494 g/mol. The van der Waals surface area contributed by atoms with Crippen molar-refractivity contribution in [3.8, 4) is 0 Å². The molecule has 0 aromatic heterocycles. The van der Waals surface area contributed by atoms with E-state index in [0.717, 1.165) is 6.04 Å². The van der Waals surface area contributed by atoms with E-state index in [1.165, 1.54) is 193 Å². The van der Waals surface area contributed by atoms with Gasteiger partial charge in [-0.25, -0.2) is 0 Å². The van der Waals surface area contributed by atoms with Crippen molar-refractivity contribution in [3.63, 3.8) is 0 Å². The second-order valence-electron chi connectivity index (χ2n) is 11.8. The molecule has 0 rings (SSSR count). The van der Waals surface area contributed by atoms with Crippen molar-refractivity contribution < 1.29 is 0 Å². The fourth-order valence-corrected chi connectivity index (χ4v) is 5.60. The smallest absolute Gasteiger partial charge is 0.00640 e. The Morgan fingerprint density at radius 2 is 0.514 bits per heavy atom. The Morgan fingerprint density at radius 1 is 0.314 bits per heavy atom. The van der Waals surface area contributed by atoms with E-state index in [9.17, 15) is 0 Å². The van der Waals surface area contributed by atoms with Crippen LogP contribution in [0.1, 0.15) is 206 Å². The predicted octanol–water partition coefficient (Wildman–Crippen LogP) is 12.3. The number of rotatable bonds is 31. The molecule has 1 N–H and O–H groups in total. The molecule has 0 atom stereocenters. The molecule has 0 amide bonds. The lowest BCUT2D eigenvalue weighted by Crippen LogP contribution is -2.24. The van der Waals surface area contributed by atoms with Gasteiger partial charge in [-0.15, -0.1) is 0 Å². The Bertz CT molecular complexity index is 320. The van der Waals surface area contributed by atoms with E-state index < -0.39 is 0 Å². The van der Waals surface area contributed by atoms with Gasteiger partial charge in [0.2, 0.25) is 0 Å². The van der Waals surface area contributed by atoms with Gasteiger partial charge in [0.15, 0.2) is 0 Å². The van der Waals surface area contributed by atoms with Crippen LogP contribution in [0, 0.1) is 0 Å². The van der Waals surface area contributed by atoms with Crippen molar-refractivity contribution in [2.24, 2.45) is 0 Å². The summed E-state index contributed by atoms with van der Waals surface area (Å²) < 4.78 is 0. The quantitative estimate of drug-likeness (QED) is 0.0946. The van der Waals surface area contributed by atoms with E-state index in [4.69, 9.17) is 0 Å². The molecule has 0 aliphatic rings. The fourth-order valence-electron chi connectivity index (χ4n) is 5.60. The summed E-state index contributed by atoms with van der Waals surface area (Å²) in [5.41, 5.74) is 0. The largest absolute Gasteiger partial charge is 0.317 e. The molecular weight excluding hydrogens is 422 g/mol. The van der Waals surface area contributed by atoms with E-state index in [2.05, 4.69) is 26.2 Å². The van der Waals surface area contributed by atoms with Crippen LogP contribution in [0.25, 0.3) is 0 Å². The zero-order valence-electron chi connectivity index (χ0n) is 25.3. The van der Waals surface area contributed by atoms with Gasteiger partial charge in [-0.2, -0.15) is 0 Å². The summed E-state index contributed by atoms with van der Waals surface area (Å²) in [6.07, 6.45) is 43.7. The Kier molecular flexibility index (Phi) is 32.0. The van der Waals surface area contributed by atoms with Crippen molar-refractivity contribution >= 4 is 0 Å². The van der Waals surface area contributed by atoms with Crippen LogP contribution in [0.4, 0.5) is 0 Å². The summed E-state index contributed by atoms with van der Waals surface area (Å²) in [4.78, 5) is 0. The van der Waals surface area contributed by atoms with E-state index in [0.29, 0.717) is 0 Å². The maximum absolute atomic E-state index is 3.60.